The number of aromatic nitrogens is 2. The van der Waals surface area contributed by atoms with Crippen LogP contribution in [0.15, 0.2) is 39.9 Å². The fraction of sp³-hybridized carbons (Fsp3) is 0.333. The lowest BCUT2D eigenvalue weighted by Crippen LogP contribution is -2.42. The predicted octanol–water partition coefficient (Wildman–Crippen LogP) is 2.46. The Kier molecular flexibility index (Phi) is 5.39. The molecule has 2 rings (SSSR count). The van der Waals surface area contributed by atoms with Gasteiger partial charge in [0, 0.05) is 22.4 Å². The lowest BCUT2D eigenvalue weighted by molar-refractivity contribution is -0.137. The maximum atomic E-state index is 12.9. The van der Waals surface area contributed by atoms with E-state index in [1.54, 1.807) is 0 Å². The lowest BCUT2D eigenvalue weighted by Gasteiger charge is -2.18. The Labute approximate surface area is 150 Å². The highest BCUT2D eigenvalue weighted by Gasteiger charge is 2.31. The molecule has 6 nitrogen and oxygen atoms in total. The Balaban J connectivity index is 2.71. The molecule has 1 aromatic heterocycles. The number of aryl methyl sites for hydroxylation is 1. The van der Waals surface area contributed by atoms with E-state index in [0.717, 1.165) is 28.8 Å². The molecular formula is C15H14ClF3N2O4S. The minimum Gasteiger partial charge on any atom is -0.269 e. The van der Waals surface area contributed by atoms with Gasteiger partial charge in [0.1, 0.15) is 0 Å². The van der Waals surface area contributed by atoms with E-state index in [9.17, 15) is 31.2 Å². The van der Waals surface area contributed by atoms with Crippen molar-refractivity contribution in [1.29, 1.82) is 0 Å². The lowest BCUT2D eigenvalue weighted by atomic mass is 10.2. The van der Waals surface area contributed by atoms with Crippen LogP contribution in [0.25, 0.3) is 5.69 Å². The van der Waals surface area contributed by atoms with E-state index < -0.39 is 43.8 Å². The molecule has 0 bridgehead atoms. The summed E-state index contributed by atoms with van der Waals surface area (Å²) in [5.74, 6) is -0.685. The fourth-order valence-electron chi connectivity index (χ4n) is 2.57. The van der Waals surface area contributed by atoms with Crippen molar-refractivity contribution in [3.8, 4) is 5.69 Å². The summed E-state index contributed by atoms with van der Waals surface area (Å²) in [6, 6.07) is 3.97. The van der Waals surface area contributed by atoms with E-state index in [2.05, 4.69) is 0 Å². The Morgan fingerprint density at radius 1 is 1.19 bits per heavy atom. The van der Waals surface area contributed by atoms with Gasteiger partial charge in [0.15, 0.2) is 0 Å². The van der Waals surface area contributed by atoms with Crippen LogP contribution in [0.5, 0.6) is 0 Å². The van der Waals surface area contributed by atoms with Crippen LogP contribution in [0.3, 0.4) is 0 Å². The van der Waals surface area contributed by atoms with Crippen molar-refractivity contribution in [1.82, 2.24) is 9.13 Å². The van der Waals surface area contributed by atoms with Gasteiger partial charge in [0.05, 0.1) is 23.0 Å². The third-order valence-electron chi connectivity index (χ3n) is 3.63. The van der Waals surface area contributed by atoms with Crippen LogP contribution in [0, 0.1) is 6.92 Å². The monoisotopic (exact) mass is 410 g/mol. The topological polar surface area (TPSA) is 78.1 Å². The van der Waals surface area contributed by atoms with Crippen LogP contribution < -0.4 is 11.2 Å². The Bertz CT molecular complexity index is 1060. The molecule has 0 N–H and O–H groups in total. The highest BCUT2D eigenvalue weighted by molar-refractivity contribution is 8.13. The summed E-state index contributed by atoms with van der Waals surface area (Å²) in [5, 5.41) is 0. The summed E-state index contributed by atoms with van der Waals surface area (Å²) >= 11 is 0. The fourth-order valence-corrected chi connectivity index (χ4v) is 3.84. The predicted molar refractivity (Wildman–Crippen MR) is 90.4 cm³/mol. The van der Waals surface area contributed by atoms with Gasteiger partial charge in [-0.3, -0.25) is 13.9 Å². The molecule has 11 heteroatoms. The number of alkyl halides is 3. The second-order valence-electron chi connectivity index (χ2n) is 5.71. The Hall–Kier alpha value is -2.07. The normalized spacial score (nSPS) is 13.6. The smallest absolute Gasteiger partial charge is 0.269 e. The average molecular weight is 411 g/mol. The van der Waals surface area contributed by atoms with E-state index in [1.807, 2.05) is 0 Å². The molecule has 1 unspecified atom stereocenters. The zero-order valence-corrected chi connectivity index (χ0v) is 15.2. The number of nitrogens with zero attached hydrogens (tertiary/aromatic N) is 2. The van der Waals surface area contributed by atoms with Crippen molar-refractivity contribution >= 4 is 19.7 Å². The maximum Gasteiger partial charge on any atom is 0.416 e. The molecule has 0 radical (unpaired) electrons. The molecule has 142 valence electrons. The molecule has 0 aliphatic heterocycles. The summed E-state index contributed by atoms with van der Waals surface area (Å²) in [4.78, 5) is 24.8. The number of hydrogen-bond acceptors (Lipinski definition) is 4. The Morgan fingerprint density at radius 2 is 1.81 bits per heavy atom. The molecule has 0 saturated carbocycles. The largest absolute Gasteiger partial charge is 0.416 e. The van der Waals surface area contributed by atoms with Crippen LogP contribution in [-0.4, -0.2) is 23.3 Å². The quantitative estimate of drug-likeness (QED) is 0.725. The number of benzene rings is 1. The van der Waals surface area contributed by atoms with E-state index in [-0.39, 0.29) is 11.4 Å². The van der Waals surface area contributed by atoms with Gasteiger partial charge >= 0.3 is 11.9 Å². The summed E-state index contributed by atoms with van der Waals surface area (Å²) in [6.45, 7) is 2.69. The second-order valence-corrected chi connectivity index (χ2v) is 8.54. The van der Waals surface area contributed by atoms with Gasteiger partial charge in [0.25, 0.3) is 5.56 Å². The number of rotatable bonds is 4. The molecule has 1 atom stereocenters. The van der Waals surface area contributed by atoms with Crippen molar-refractivity contribution in [2.24, 2.45) is 0 Å². The van der Waals surface area contributed by atoms with E-state index in [4.69, 9.17) is 10.7 Å². The van der Waals surface area contributed by atoms with Crippen molar-refractivity contribution in [3.05, 3.63) is 62.4 Å². The first-order chi connectivity index (χ1) is 11.8. The third-order valence-corrected chi connectivity index (χ3v) is 4.89. The minimum absolute atomic E-state index is 0.1000. The van der Waals surface area contributed by atoms with Crippen molar-refractivity contribution in [2.75, 3.05) is 5.75 Å². The minimum atomic E-state index is -4.61. The zero-order chi connectivity index (χ0) is 19.9. The van der Waals surface area contributed by atoms with Crippen LogP contribution in [0.4, 0.5) is 13.2 Å². The molecule has 0 amide bonds. The number of halogens is 4. The Morgan fingerprint density at radius 3 is 2.35 bits per heavy atom. The highest BCUT2D eigenvalue weighted by Crippen LogP contribution is 2.30. The third kappa shape index (κ3) is 4.36. The average Bonchev–Trinajstić information content (AvgIpc) is 2.44. The second kappa shape index (κ2) is 6.92. The first-order valence-electron chi connectivity index (χ1n) is 7.26. The summed E-state index contributed by atoms with van der Waals surface area (Å²) in [5.41, 5.74) is -2.69. The van der Waals surface area contributed by atoms with Crippen molar-refractivity contribution in [3.63, 3.8) is 0 Å². The highest BCUT2D eigenvalue weighted by atomic mass is 35.7. The summed E-state index contributed by atoms with van der Waals surface area (Å²) < 4.78 is 62.8. The SMILES string of the molecule is Cc1cc(=O)n(C(C)CS(=O)(=O)Cl)c(=O)n1-c1cccc(C(F)(F)F)c1. The standard InChI is InChI=1S/C15H14ClF3N2O4S/c1-9-6-13(22)21(10(2)8-26(16,24)25)14(23)20(9)12-5-3-4-11(7-12)15(17,18)19/h3-7,10H,8H2,1-2H3. The van der Waals surface area contributed by atoms with Crippen molar-refractivity contribution < 1.29 is 21.6 Å². The van der Waals surface area contributed by atoms with Gasteiger partial charge in [-0.2, -0.15) is 13.2 Å². The first kappa shape index (κ1) is 20.2. The molecule has 2 aromatic rings. The summed E-state index contributed by atoms with van der Waals surface area (Å²) in [7, 11) is 1.16. The van der Waals surface area contributed by atoms with Gasteiger partial charge in [-0.05, 0) is 32.0 Å². The van der Waals surface area contributed by atoms with E-state index >= 15 is 0 Å². The van der Waals surface area contributed by atoms with Crippen LogP contribution in [0.1, 0.15) is 24.2 Å². The van der Waals surface area contributed by atoms with Gasteiger partial charge in [-0.25, -0.2) is 13.2 Å². The first-order valence-corrected chi connectivity index (χ1v) is 9.74. The van der Waals surface area contributed by atoms with E-state index in [0.29, 0.717) is 4.57 Å². The molecule has 26 heavy (non-hydrogen) atoms. The van der Waals surface area contributed by atoms with Gasteiger partial charge in [0.2, 0.25) is 9.05 Å². The van der Waals surface area contributed by atoms with Crippen LogP contribution in [0.2, 0.25) is 0 Å². The molecule has 1 aromatic carbocycles. The maximum absolute atomic E-state index is 12.9. The van der Waals surface area contributed by atoms with Gasteiger partial charge in [-0.15, -0.1) is 0 Å². The summed E-state index contributed by atoms with van der Waals surface area (Å²) in [6.07, 6.45) is -4.61. The molecule has 1 heterocycles. The van der Waals surface area contributed by atoms with Gasteiger partial charge in [-0.1, -0.05) is 6.07 Å². The van der Waals surface area contributed by atoms with Crippen molar-refractivity contribution in [2.45, 2.75) is 26.1 Å². The molecular weight excluding hydrogens is 397 g/mol. The zero-order valence-electron chi connectivity index (χ0n) is 13.6. The van der Waals surface area contributed by atoms with E-state index in [1.165, 1.54) is 19.9 Å². The molecule has 0 saturated heterocycles. The molecule has 0 aliphatic rings. The van der Waals surface area contributed by atoms with Gasteiger partial charge < -0.3 is 0 Å². The molecule has 0 aliphatic carbocycles. The van der Waals surface area contributed by atoms with Crippen LogP contribution >= 0.6 is 10.7 Å². The molecule has 0 spiro atoms. The number of hydrogen-bond donors (Lipinski definition) is 0. The van der Waals surface area contributed by atoms with Crippen LogP contribution in [-0.2, 0) is 15.2 Å². The molecule has 0 fully saturated rings.